The number of aromatic nitrogens is 2. The standard InChI is InChI=1S/C19H20N4O4S/c1-11-8-20-17(24)5-6-23(11)19(25)15-9-27-18(22-15)10-26-13-3-4-16-14(7-13)21-12(2)28-16/h3-4,7,9,11H,5-6,8,10H2,1-2H3,(H,20,24)/t11-/m1/s1. The van der Waals surface area contributed by atoms with Crippen molar-refractivity contribution in [3.8, 4) is 5.75 Å². The van der Waals surface area contributed by atoms with Crippen LogP contribution in [0, 0.1) is 6.92 Å². The second-order valence-electron chi connectivity index (χ2n) is 6.68. The molecule has 0 saturated carbocycles. The molecule has 0 spiro atoms. The molecular formula is C19H20N4O4S. The van der Waals surface area contributed by atoms with E-state index in [2.05, 4.69) is 15.3 Å². The molecule has 3 heterocycles. The van der Waals surface area contributed by atoms with Crippen LogP contribution in [0.25, 0.3) is 10.2 Å². The maximum atomic E-state index is 12.7. The van der Waals surface area contributed by atoms with E-state index in [0.29, 0.717) is 24.7 Å². The van der Waals surface area contributed by atoms with Gasteiger partial charge in [0.2, 0.25) is 11.8 Å². The fraction of sp³-hybridized carbons (Fsp3) is 0.368. The molecule has 0 bridgehead atoms. The largest absolute Gasteiger partial charge is 0.484 e. The number of fused-ring (bicyclic) bond motifs is 1. The fourth-order valence-electron chi connectivity index (χ4n) is 3.08. The third kappa shape index (κ3) is 3.84. The third-order valence-electron chi connectivity index (χ3n) is 4.57. The molecule has 146 valence electrons. The van der Waals surface area contributed by atoms with E-state index in [1.165, 1.54) is 6.26 Å². The quantitative estimate of drug-likeness (QED) is 0.723. The molecular weight excluding hydrogens is 380 g/mol. The Balaban J connectivity index is 1.41. The molecule has 0 radical (unpaired) electrons. The van der Waals surface area contributed by atoms with Gasteiger partial charge in [-0.25, -0.2) is 9.97 Å². The Morgan fingerprint density at radius 1 is 1.43 bits per heavy atom. The molecule has 2 amide bonds. The molecule has 1 fully saturated rings. The van der Waals surface area contributed by atoms with Crippen molar-refractivity contribution in [2.75, 3.05) is 13.1 Å². The van der Waals surface area contributed by atoms with Crippen molar-refractivity contribution in [1.29, 1.82) is 0 Å². The highest BCUT2D eigenvalue weighted by Gasteiger charge is 2.27. The van der Waals surface area contributed by atoms with Crippen LogP contribution in [0.2, 0.25) is 0 Å². The van der Waals surface area contributed by atoms with Crippen LogP contribution in [0.4, 0.5) is 0 Å². The molecule has 0 aliphatic carbocycles. The maximum absolute atomic E-state index is 12.7. The summed E-state index contributed by atoms with van der Waals surface area (Å²) in [6.07, 6.45) is 1.61. The predicted octanol–water partition coefficient (Wildman–Crippen LogP) is 2.52. The number of hydrogen-bond donors (Lipinski definition) is 1. The van der Waals surface area contributed by atoms with Crippen LogP contribution in [0.15, 0.2) is 28.9 Å². The predicted molar refractivity (Wildman–Crippen MR) is 103 cm³/mol. The lowest BCUT2D eigenvalue weighted by Gasteiger charge is -2.25. The Hall–Kier alpha value is -2.94. The lowest BCUT2D eigenvalue weighted by atomic mass is 10.2. The van der Waals surface area contributed by atoms with Gasteiger partial charge in [-0.15, -0.1) is 11.3 Å². The first kappa shape index (κ1) is 18.4. The summed E-state index contributed by atoms with van der Waals surface area (Å²) in [5.41, 5.74) is 1.10. The molecule has 1 aromatic carbocycles. The number of ether oxygens (including phenoxy) is 1. The average Bonchev–Trinajstić information content (AvgIpc) is 3.25. The maximum Gasteiger partial charge on any atom is 0.276 e. The second-order valence-corrected chi connectivity index (χ2v) is 7.91. The van der Waals surface area contributed by atoms with Crippen molar-refractivity contribution in [2.45, 2.75) is 32.9 Å². The lowest BCUT2D eigenvalue weighted by Crippen LogP contribution is -2.42. The van der Waals surface area contributed by atoms with E-state index in [-0.39, 0.29) is 36.6 Å². The highest BCUT2D eigenvalue weighted by Crippen LogP contribution is 2.26. The van der Waals surface area contributed by atoms with Crippen molar-refractivity contribution in [3.63, 3.8) is 0 Å². The van der Waals surface area contributed by atoms with E-state index in [1.54, 1.807) is 16.2 Å². The minimum absolute atomic E-state index is 0.0522. The molecule has 9 heteroatoms. The van der Waals surface area contributed by atoms with Crippen LogP contribution in [0.5, 0.6) is 5.75 Å². The Morgan fingerprint density at radius 3 is 3.14 bits per heavy atom. The zero-order valence-electron chi connectivity index (χ0n) is 15.6. The van der Waals surface area contributed by atoms with Crippen LogP contribution in [0.1, 0.15) is 34.7 Å². The van der Waals surface area contributed by atoms with Crippen molar-refractivity contribution >= 4 is 33.4 Å². The Bertz CT molecular complexity index is 1030. The van der Waals surface area contributed by atoms with E-state index in [4.69, 9.17) is 9.15 Å². The zero-order valence-corrected chi connectivity index (χ0v) is 16.4. The molecule has 1 atom stereocenters. The number of benzene rings is 1. The van der Waals surface area contributed by atoms with Gasteiger partial charge < -0.3 is 19.4 Å². The van der Waals surface area contributed by atoms with Gasteiger partial charge in [0.05, 0.1) is 15.2 Å². The summed E-state index contributed by atoms with van der Waals surface area (Å²) in [5, 5.41) is 3.79. The second kappa shape index (κ2) is 7.59. The van der Waals surface area contributed by atoms with Crippen LogP contribution >= 0.6 is 11.3 Å². The van der Waals surface area contributed by atoms with Gasteiger partial charge >= 0.3 is 0 Å². The van der Waals surface area contributed by atoms with Crippen molar-refractivity contribution in [1.82, 2.24) is 20.2 Å². The molecule has 2 aromatic heterocycles. The molecule has 3 aromatic rings. The van der Waals surface area contributed by atoms with Gasteiger partial charge in [0.1, 0.15) is 12.0 Å². The molecule has 28 heavy (non-hydrogen) atoms. The first-order chi connectivity index (χ1) is 13.5. The monoisotopic (exact) mass is 400 g/mol. The van der Waals surface area contributed by atoms with Crippen LogP contribution in [-0.4, -0.2) is 45.8 Å². The van der Waals surface area contributed by atoms with Crippen LogP contribution < -0.4 is 10.1 Å². The summed E-state index contributed by atoms with van der Waals surface area (Å²) in [6.45, 7) is 4.75. The van der Waals surface area contributed by atoms with Gasteiger partial charge in [0, 0.05) is 31.6 Å². The minimum atomic E-state index is -0.252. The summed E-state index contributed by atoms with van der Waals surface area (Å²) in [7, 11) is 0. The van der Waals surface area contributed by atoms with Crippen molar-refractivity contribution in [3.05, 3.63) is 41.1 Å². The molecule has 8 nitrogen and oxygen atoms in total. The number of rotatable bonds is 4. The van der Waals surface area contributed by atoms with Gasteiger partial charge in [0.25, 0.3) is 5.91 Å². The normalized spacial score (nSPS) is 17.4. The number of aryl methyl sites for hydroxylation is 1. The van der Waals surface area contributed by atoms with Crippen LogP contribution in [0.3, 0.4) is 0 Å². The van der Waals surface area contributed by atoms with Gasteiger partial charge in [-0.05, 0) is 26.0 Å². The summed E-state index contributed by atoms with van der Waals surface area (Å²) < 4.78 is 12.2. The number of nitrogens with zero attached hydrogens (tertiary/aromatic N) is 3. The molecule has 1 aliphatic heterocycles. The van der Waals surface area contributed by atoms with Crippen LogP contribution in [-0.2, 0) is 11.4 Å². The number of carbonyl (C=O) groups excluding carboxylic acids is 2. The van der Waals surface area contributed by atoms with E-state index in [1.807, 2.05) is 32.0 Å². The van der Waals surface area contributed by atoms with Gasteiger partial charge in [-0.3, -0.25) is 9.59 Å². The molecule has 0 unspecified atom stereocenters. The number of thiazole rings is 1. The zero-order chi connectivity index (χ0) is 19.7. The van der Waals surface area contributed by atoms with Gasteiger partial charge in [0.15, 0.2) is 12.3 Å². The van der Waals surface area contributed by atoms with Gasteiger partial charge in [-0.1, -0.05) is 0 Å². The first-order valence-corrected chi connectivity index (χ1v) is 9.83. The highest BCUT2D eigenvalue weighted by atomic mass is 32.1. The van der Waals surface area contributed by atoms with E-state index >= 15 is 0 Å². The number of oxazole rings is 1. The average molecular weight is 400 g/mol. The summed E-state index contributed by atoms with van der Waals surface area (Å²) in [6, 6.07) is 5.61. The molecule has 1 N–H and O–H groups in total. The van der Waals surface area contributed by atoms with E-state index in [0.717, 1.165) is 15.2 Å². The Kier molecular flexibility index (Phi) is 4.99. The third-order valence-corrected chi connectivity index (χ3v) is 5.52. The number of nitrogens with one attached hydrogen (secondary N) is 1. The molecule has 1 aliphatic rings. The van der Waals surface area contributed by atoms with Crippen molar-refractivity contribution in [2.24, 2.45) is 0 Å². The summed E-state index contributed by atoms with van der Waals surface area (Å²) in [4.78, 5) is 34.6. The SMILES string of the molecule is Cc1nc2cc(OCc3nc(C(=O)N4CCC(=O)NC[C@H]4C)co3)ccc2s1. The molecule has 4 rings (SSSR count). The lowest BCUT2D eigenvalue weighted by molar-refractivity contribution is -0.120. The number of hydrogen-bond acceptors (Lipinski definition) is 7. The van der Waals surface area contributed by atoms with E-state index < -0.39 is 0 Å². The molecule has 1 saturated heterocycles. The summed E-state index contributed by atoms with van der Waals surface area (Å²) >= 11 is 1.63. The first-order valence-electron chi connectivity index (χ1n) is 9.01. The number of amides is 2. The topological polar surface area (TPSA) is 97.6 Å². The summed E-state index contributed by atoms with van der Waals surface area (Å²) in [5.74, 6) is 0.672. The highest BCUT2D eigenvalue weighted by molar-refractivity contribution is 7.18. The Labute approximate surface area is 165 Å². The minimum Gasteiger partial charge on any atom is -0.484 e. The fourth-order valence-corrected chi connectivity index (χ4v) is 3.89. The number of carbonyl (C=O) groups is 2. The van der Waals surface area contributed by atoms with Crippen molar-refractivity contribution < 1.29 is 18.7 Å². The van der Waals surface area contributed by atoms with E-state index in [9.17, 15) is 9.59 Å². The van der Waals surface area contributed by atoms with Gasteiger partial charge in [-0.2, -0.15) is 0 Å². The smallest absolute Gasteiger partial charge is 0.276 e. The Morgan fingerprint density at radius 2 is 2.29 bits per heavy atom.